The maximum Gasteiger partial charge on any atom is 0.145 e. The molecule has 0 aliphatic rings. The largest absolute Gasteiger partial charge is 0.494 e. The fourth-order valence-corrected chi connectivity index (χ4v) is 2.44. The van der Waals surface area contributed by atoms with Gasteiger partial charge in [0, 0.05) is 24.8 Å². The first kappa shape index (κ1) is 20.8. The molecule has 28 heavy (non-hydrogen) atoms. The van der Waals surface area contributed by atoms with Crippen molar-refractivity contribution in [2.24, 2.45) is 0 Å². The molecule has 0 radical (unpaired) electrons. The van der Waals surface area contributed by atoms with E-state index in [4.69, 9.17) is 4.74 Å². The van der Waals surface area contributed by atoms with E-state index in [2.05, 4.69) is 46.8 Å². The number of ether oxygens (including phenoxy) is 1. The van der Waals surface area contributed by atoms with Crippen molar-refractivity contribution in [3.8, 4) is 5.75 Å². The first-order chi connectivity index (χ1) is 13.6. The van der Waals surface area contributed by atoms with Gasteiger partial charge in [0.2, 0.25) is 0 Å². The van der Waals surface area contributed by atoms with Gasteiger partial charge in [-0.1, -0.05) is 36.4 Å². The highest BCUT2D eigenvalue weighted by molar-refractivity contribution is 5.89. The number of pyridine rings is 1. The SMILES string of the molecule is C=C/C(=C\C=C(C)C)c1cc(OC)c2ncncc2c1.CNc1ccccn1. The van der Waals surface area contributed by atoms with Crippen LogP contribution in [0.25, 0.3) is 16.5 Å². The number of aromatic nitrogens is 3. The maximum absolute atomic E-state index is 5.42. The van der Waals surface area contributed by atoms with Gasteiger partial charge in [-0.15, -0.1) is 0 Å². The van der Waals surface area contributed by atoms with Crippen LogP contribution in [0.1, 0.15) is 19.4 Å². The summed E-state index contributed by atoms with van der Waals surface area (Å²) >= 11 is 0. The normalized spacial score (nSPS) is 10.5. The minimum atomic E-state index is 0.741. The van der Waals surface area contributed by atoms with Gasteiger partial charge in [-0.05, 0) is 49.2 Å². The van der Waals surface area contributed by atoms with E-state index in [1.165, 1.54) is 11.9 Å². The zero-order valence-electron chi connectivity index (χ0n) is 16.8. The Morgan fingerprint density at radius 2 is 1.96 bits per heavy atom. The molecule has 0 aliphatic carbocycles. The van der Waals surface area contributed by atoms with Crippen LogP contribution < -0.4 is 10.1 Å². The lowest BCUT2D eigenvalue weighted by Crippen LogP contribution is -1.91. The lowest BCUT2D eigenvalue weighted by atomic mass is 10.0. The van der Waals surface area contributed by atoms with Crippen molar-refractivity contribution in [3.05, 3.63) is 85.0 Å². The highest BCUT2D eigenvalue weighted by Gasteiger charge is 2.07. The lowest BCUT2D eigenvalue weighted by molar-refractivity contribution is 0.418. The maximum atomic E-state index is 5.42. The van der Waals surface area contributed by atoms with Gasteiger partial charge in [-0.2, -0.15) is 0 Å². The van der Waals surface area contributed by atoms with Crippen molar-refractivity contribution >= 4 is 22.3 Å². The van der Waals surface area contributed by atoms with E-state index in [1.54, 1.807) is 19.5 Å². The number of allylic oxidation sites excluding steroid dienone is 5. The third-order valence-electron chi connectivity index (χ3n) is 3.86. The summed E-state index contributed by atoms with van der Waals surface area (Å²) in [5, 5.41) is 3.87. The summed E-state index contributed by atoms with van der Waals surface area (Å²) in [7, 11) is 3.50. The fourth-order valence-electron chi connectivity index (χ4n) is 2.44. The number of benzene rings is 1. The molecule has 2 aromatic heterocycles. The van der Waals surface area contributed by atoms with Gasteiger partial charge in [-0.25, -0.2) is 15.0 Å². The molecule has 3 aromatic rings. The fraction of sp³-hybridized carbons (Fsp3) is 0.174. The first-order valence-electron chi connectivity index (χ1n) is 8.93. The number of methoxy groups -OCH3 is 1. The summed E-state index contributed by atoms with van der Waals surface area (Å²) in [6, 6.07) is 9.77. The smallest absolute Gasteiger partial charge is 0.145 e. The molecule has 0 aliphatic heterocycles. The van der Waals surface area contributed by atoms with E-state index in [1.807, 2.05) is 49.5 Å². The molecule has 144 valence electrons. The highest BCUT2D eigenvalue weighted by Crippen LogP contribution is 2.29. The minimum Gasteiger partial charge on any atom is -0.494 e. The zero-order chi connectivity index (χ0) is 20.4. The zero-order valence-corrected chi connectivity index (χ0v) is 16.8. The molecular weight excluding hydrogens is 348 g/mol. The van der Waals surface area contributed by atoms with Gasteiger partial charge < -0.3 is 10.1 Å². The average molecular weight is 374 g/mol. The van der Waals surface area contributed by atoms with E-state index < -0.39 is 0 Å². The third kappa shape index (κ3) is 5.77. The number of nitrogens with one attached hydrogen (secondary N) is 1. The van der Waals surface area contributed by atoms with Crippen LogP contribution in [0.3, 0.4) is 0 Å². The molecule has 0 unspecified atom stereocenters. The van der Waals surface area contributed by atoms with Crippen LogP contribution in [0, 0.1) is 0 Å². The lowest BCUT2D eigenvalue weighted by Gasteiger charge is -2.08. The molecule has 1 N–H and O–H groups in total. The molecule has 0 atom stereocenters. The Bertz CT molecular complexity index is 974. The Labute approximate surface area is 166 Å². The second-order valence-electron chi connectivity index (χ2n) is 6.17. The molecule has 0 amide bonds. The van der Waals surface area contributed by atoms with Gasteiger partial charge in [0.15, 0.2) is 0 Å². The standard InChI is InChI=1S/C17H18N2O.C6H8N2/c1-5-13(7-6-12(2)3)14-8-15-10-18-11-19-17(15)16(9-14)20-4;1-7-6-4-2-3-5-8-6/h5-11H,1H2,2-4H3;2-5H,1H3,(H,7,8)/b13-7+;. The van der Waals surface area contributed by atoms with Crippen molar-refractivity contribution in [1.82, 2.24) is 15.0 Å². The number of fused-ring (bicyclic) bond motifs is 1. The molecular formula is C23H26N4O. The number of anilines is 1. The Morgan fingerprint density at radius 3 is 2.54 bits per heavy atom. The topological polar surface area (TPSA) is 59.9 Å². The molecule has 0 spiro atoms. The minimum absolute atomic E-state index is 0.741. The van der Waals surface area contributed by atoms with Crippen molar-refractivity contribution in [2.75, 3.05) is 19.5 Å². The van der Waals surface area contributed by atoms with Crippen LogP contribution in [0.4, 0.5) is 5.82 Å². The Morgan fingerprint density at radius 1 is 1.14 bits per heavy atom. The van der Waals surface area contributed by atoms with Gasteiger partial charge in [0.05, 0.1) is 7.11 Å². The monoisotopic (exact) mass is 374 g/mol. The van der Waals surface area contributed by atoms with Gasteiger partial charge in [0.1, 0.15) is 23.4 Å². The molecule has 0 bridgehead atoms. The predicted molar refractivity (Wildman–Crippen MR) is 117 cm³/mol. The summed E-state index contributed by atoms with van der Waals surface area (Å²) in [4.78, 5) is 12.3. The van der Waals surface area contributed by atoms with E-state index in [0.29, 0.717) is 0 Å². The van der Waals surface area contributed by atoms with Crippen molar-refractivity contribution in [3.63, 3.8) is 0 Å². The molecule has 0 fully saturated rings. The predicted octanol–water partition coefficient (Wildman–Crippen LogP) is 5.30. The molecule has 3 rings (SSSR count). The van der Waals surface area contributed by atoms with Gasteiger partial charge >= 0.3 is 0 Å². The van der Waals surface area contributed by atoms with Crippen molar-refractivity contribution < 1.29 is 4.74 Å². The average Bonchev–Trinajstić information content (AvgIpc) is 2.74. The van der Waals surface area contributed by atoms with Crippen LogP contribution >= 0.6 is 0 Å². The Hall–Kier alpha value is -3.47. The third-order valence-corrected chi connectivity index (χ3v) is 3.86. The number of hydrogen-bond acceptors (Lipinski definition) is 5. The molecule has 5 heteroatoms. The van der Waals surface area contributed by atoms with E-state index in [-0.39, 0.29) is 0 Å². The molecule has 2 heterocycles. The van der Waals surface area contributed by atoms with Gasteiger partial charge in [-0.3, -0.25) is 0 Å². The van der Waals surface area contributed by atoms with Gasteiger partial charge in [0.25, 0.3) is 0 Å². The molecule has 0 saturated heterocycles. The molecule has 1 aromatic carbocycles. The Kier molecular flexibility index (Phi) is 7.91. The summed E-state index contributed by atoms with van der Waals surface area (Å²) in [6.45, 7) is 8.00. The van der Waals surface area contributed by atoms with Crippen molar-refractivity contribution in [2.45, 2.75) is 13.8 Å². The summed E-state index contributed by atoms with van der Waals surface area (Å²) < 4.78 is 5.42. The molecule has 0 saturated carbocycles. The summed E-state index contributed by atoms with van der Waals surface area (Å²) in [5.74, 6) is 1.65. The Balaban J connectivity index is 0.000000292. The van der Waals surface area contributed by atoms with Crippen LogP contribution in [0.15, 0.2) is 79.4 Å². The number of nitrogens with zero attached hydrogens (tertiary/aromatic N) is 3. The summed E-state index contributed by atoms with van der Waals surface area (Å²) in [6.07, 6.45) is 11.0. The molecule has 5 nitrogen and oxygen atoms in total. The van der Waals surface area contributed by atoms with Crippen LogP contribution in [0.5, 0.6) is 5.75 Å². The highest BCUT2D eigenvalue weighted by atomic mass is 16.5. The van der Waals surface area contributed by atoms with E-state index in [0.717, 1.165) is 33.6 Å². The summed E-state index contributed by atoms with van der Waals surface area (Å²) in [5.41, 5.74) is 4.13. The van der Waals surface area contributed by atoms with Crippen LogP contribution in [0.2, 0.25) is 0 Å². The van der Waals surface area contributed by atoms with Crippen LogP contribution in [-0.4, -0.2) is 29.1 Å². The van der Waals surface area contributed by atoms with E-state index in [9.17, 15) is 0 Å². The number of hydrogen-bond donors (Lipinski definition) is 1. The second-order valence-corrected chi connectivity index (χ2v) is 6.17. The first-order valence-corrected chi connectivity index (χ1v) is 8.93. The second kappa shape index (κ2) is 10.6. The van der Waals surface area contributed by atoms with Crippen LogP contribution in [-0.2, 0) is 0 Å². The van der Waals surface area contributed by atoms with E-state index >= 15 is 0 Å². The number of rotatable bonds is 5. The quantitative estimate of drug-likeness (QED) is 0.614. The van der Waals surface area contributed by atoms with Crippen molar-refractivity contribution in [1.29, 1.82) is 0 Å².